The Morgan fingerprint density at radius 2 is 1.87 bits per heavy atom. The van der Waals surface area contributed by atoms with Gasteiger partial charge in [-0.1, -0.05) is 0 Å². The van der Waals surface area contributed by atoms with Crippen LogP contribution in [0, 0.1) is 0 Å². The van der Waals surface area contributed by atoms with Gasteiger partial charge in [-0.2, -0.15) is 23.3 Å². The highest BCUT2D eigenvalue weighted by molar-refractivity contribution is 6.07. The molecule has 2 atom stereocenters. The van der Waals surface area contributed by atoms with Crippen molar-refractivity contribution >= 4 is 17.2 Å². The van der Waals surface area contributed by atoms with E-state index >= 15 is 0 Å². The summed E-state index contributed by atoms with van der Waals surface area (Å²) in [4.78, 5) is 31.2. The van der Waals surface area contributed by atoms with Crippen LogP contribution in [0.3, 0.4) is 0 Å². The molecule has 0 saturated heterocycles. The van der Waals surface area contributed by atoms with Crippen molar-refractivity contribution in [1.82, 2.24) is 29.5 Å². The smallest absolute Gasteiger partial charge is 0.406 e. The van der Waals surface area contributed by atoms with Crippen LogP contribution in [0.4, 0.5) is 18.9 Å². The largest absolute Gasteiger partial charge is 0.480 e. The SMILES string of the molecule is COc1ncc(-c2cc(C3C[C@@H]3c3cc4c(cn3)C(C)(C)C(=O)N4CC(F)(F)F)c3nccn3n2)c(OC)n1. The summed E-state index contributed by atoms with van der Waals surface area (Å²) >= 11 is 0. The number of imidazole rings is 1. The number of hydrogen-bond acceptors (Lipinski definition) is 8. The fourth-order valence-corrected chi connectivity index (χ4v) is 5.26. The number of carbonyl (C=O) groups excluding carboxylic acids is 1. The van der Waals surface area contributed by atoms with Crippen LogP contribution < -0.4 is 14.4 Å². The zero-order valence-corrected chi connectivity index (χ0v) is 21.5. The summed E-state index contributed by atoms with van der Waals surface area (Å²) in [5.41, 5.74) is 2.99. The lowest BCUT2D eigenvalue weighted by Gasteiger charge is -2.21. The Morgan fingerprint density at radius 3 is 2.59 bits per heavy atom. The number of anilines is 1. The van der Waals surface area contributed by atoms with Crippen molar-refractivity contribution in [3.05, 3.63) is 53.7 Å². The van der Waals surface area contributed by atoms with Crippen LogP contribution >= 0.6 is 0 Å². The molecule has 1 fully saturated rings. The zero-order valence-electron chi connectivity index (χ0n) is 21.5. The minimum Gasteiger partial charge on any atom is -0.480 e. The van der Waals surface area contributed by atoms with Gasteiger partial charge in [-0.25, -0.2) is 14.5 Å². The third-order valence-corrected chi connectivity index (χ3v) is 7.33. The maximum Gasteiger partial charge on any atom is 0.406 e. The topological polar surface area (TPSA) is 108 Å². The van der Waals surface area contributed by atoms with E-state index in [1.807, 2.05) is 6.07 Å². The fourth-order valence-electron chi connectivity index (χ4n) is 5.26. The van der Waals surface area contributed by atoms with Gasteiger partial charge in [0.1, 0.15) is 6.54 Å². The van der Waals surface area contributed by atoms with Crippen molar-refractivity contribution in [3.8, 4) is 23.1 Å². The maximum absolute atomic E-state index is 13.3. The second-order valence-electron chi connectivity index (χ2n) is 10.2. The van der Waals surface area contributed by atoms with Crippen molar-refractivity contribution in [2.24, 2.45) is 0 Å². The molecule has 0 spiro atoms. The van der Waals surface area contributed by atoms with Crippen LogP contribution in [-0.4, -0.2) is 62.4 Å². The van der Waals surface area contributed by atoms with Crippen LogP contribution in [0.25, 0.3) is 16.9 Å². The minimum atomic E-state index is -4.52. The van der Waals surface area contributed by atoms with Gasteiger partial charge in [0.25, 0.3) is 0 Å². The summed E-state index contributed by atoms with van der Waals surface area (Å²) in [6.45, 7) is 1.90. The number of nitrogens with zero attached hydrogens (tertiary/aromatic N) is 7. The highest BCUT2D eigenvalue weighted by Crippen LogP contribution is 2.56. The normalized spacial score (nSPS) is 19.9. The van der Waals surface area contributed by atoms with Gasteiger partial charge in [0.2, 0.25) is 11.8 Å². The molecule has 1 unspecified atom stereocenters. The molecule has 1 saturated carbocycles. The van der Waals surface area contributed by atoms with Crippen molar-refractivity contribution in [2.45, 2.75) is 43.7 Å². The average Bonchev–Trinajstić information content (AvgIpc) is 3.52. The van der Waals surface area contributed by atoms with Gasteiger partial charge in [0.05, 0.1) is 36.6 Å². The molecule has 0 bridgehead atoms. The van der Waals surface area contributed by atoms with E-state index < -0.39 is 24.0 Å². The van der Waals surface area contributed by atoms with Gasteiger partial charge in [0.15, 0.2) is 5.65 Å². The number of carbonyl (C=O) groups is 1. The van der Waals surface area contributed by atoms with Gasteiger partial charge < -0.3 is 14.4 Å². The number of amides is 1. The Hall–Kier alpha value is -4.29. The number of rotatable bonds is 6. The van der Waals surface area contributed by atoms with Crippen LogP contribution in [0.5, 0.6) is 11.9 Å². The summed E-state index contributed by atoms with van der Waals surface area (Å²) in [5, 5.41) is 4.64. The molecule has 1 aliphatic heterocycles. The van der Waals surface area contributed by atoms with E-state index in [1.165, 1.54) is 20.4 Å². The molecule has 13 heteroatoms. The summed E-state index contributed by atoms with van der Waals surface area (Å²) in [6, 6.07) is 3.69. The van der Waals surface area contributed by atoms with E-state index in [-0.39, 0.29) is 23.5 Å². The van der Waals surface area contributed by atoms with Crippen molar-refractivity contribution in [1.29, 1.82) is 0 Å². The third-order valence-electron chi connectivity index (χ3n) is 7.33. The van der Waals surface area contributed by atoms with E-state index in [0.29, 0.717) is 40.5 Å². The summed E-state index contributed by atoms with van der Waals surface area (Å²) < 4.78 is 52.2. The first-order chi connectivity index (χ1) is 18.5. The monoisotopic (exact) mass is 539 g/mol. The van der Waals surface area contributed by atoms with Crippen molar-refractivity contribution < 1.29 is 27.4 Å². The molecular weight excluding hydrogens is 515 g/mol. The summed E-state index contributed by atoms with van der Waals surface area (Å²) in [6.07, 6.45) is 2.67. The van der Waals surface area contributed by atoms with E-state index in [0.717, 1.165) is 10.5 Å². The van der Waals surface area contributed by atoms with Gasteiger partial charge in [-0.15, -0.1) is 0 Å². The molecule has 0 aromatic carbocycles. The van der Waals surface area contributed by atoms with Gasteiger partial charge >= 0.3 is 12.2 Å². The third kappa shape index (κ3) is 4.12. The second kappa shape index (κ2) is 8.61. The lowest BCUT2D eigenvalue weighted by molar-refractivity contribution is -0.134. The Morgan fingerprint density at radius 1 is 1.08 bits per heavy atom. The minimum absolute atomic E-state index is 0.00598. The molecule has 4 aromatic heterocycles. The number of aromatic nitrogens is 6. The number of pyridine rings is 1. The Balaban J connectivity index is 1.37. The number of hydrogen-bond donors (Lipinski definition) is 0. The summed E-state index contributed by atoms with van der Waals surface area (Å²) in [7, 11) is 2.95. The van der Waals surface area contributed by atoms with E-state index in [1.54, 1.807) is 43.0 Å². The first-order valence-electron chi connectivity index (χ1n) is 12.2. The predicted octanol–water partition coefficient (Wildman–Crippen LogP) is 4.06. The molecule has 2 aliphatic rings. The number of ether oxygens (including phenoxy) is 2. The fraction of sp³-hybridized carbons (Fsp3) is 0.385. The quantitative estimate of drug-likeness (QED) is 0.361. The van der Waals surface area contributed by atoms with Crippen LogP contribution in [0.2, 0.25) is 0 Å². The number of halogens is 3. The lowest BCUT2D eigenvalue weighted by atomic mass is 9.87. The molecule has 39 heavy (non-hydrogen) atoms. The van der Waals surface area contributed by atoms with Gasteiger partial charge in [-0.05, 0) is 38.3 Å². The first kappa shape index (κ1) is 25.0. The van der Waals surface area contributed by atoms with Crippen molar-refractivity contribution in [2.75, 3.05) is 25.7 Å². The predicted molar refractivity (Wildman–Crippen MR) is 133 cm³/mol. The molecule has 1 aliphatic carbocycles. The standard InChI is InChI=1S/C26H24F3N7O3/c1-25(2)17-11-31-18(9-20(17)35(23(25)37)12-26(27,28)29)14-7-13(14)15-8-19(34-36-6-5-30-21(15)36)16-10-32-24(39-4)33-22(16)38-3/h5-6,8-11,13-14H,7,12H2,1-4H3/t13?,14-/m0/s1. The average molecular weight is 540 g/mol. The molecule has 5 heterocycles. The van der Waals surface area contributed by atoms with Crippen LogP contribution in [-0.2, 0) is 10.2 Å². The molecular formula is C26H24F3N7O3. The maximum atomic E-state index is 13.3. The molecule has 4 aromatic rings. The highest BCUT2D eigenvalue weighted by atomic mass is 19.4. The number of methoxy groups -OCH3 is 2. The first-order valence-corrected chi connectivity index (χ1v) is 12.2. The Bertz CT molecular complexity index is 1620. The molecule has 10 nitrogen and oxygen atoms in total. The van der Waals surface area contributed by atoms with Gasteiger partial charge in [-0.3, -0.25) is 9.78 Å². The molecule has 0 N–H and O–H groups in total. The van der Waals surface area contributed by atoms with E-state index in [2.05, 4.69) is 25.0 Å². The van der Waals surface area contributed by atoms with E-state index in [9.17, 15) is 18.0 Å². The molecule has 6 rings (SSSR count). The second-order valence-corrected chi connectivity index (χ2v) is 10.2. The van der Waals surface area contributed by atoms with Crippen LogP contribution in [0.15, 0.2) is 36.9 Å². The number of fused-ring (bicyclic) bond motifs is 2. The Kier molecular flexibility index (Phi) is 5.52. The highest BCUT2D eigenvalue weighted by Gasteiger charge is 2.49. The molecule has 202 valence electrons. The molecule has 1 amide bonds. The molecule has 0 radical (unpaired) electrons. The Labute approximate surface area is 220 Å². The number of alkyl halides is 3. The van der Waals surface area contributed by atoms with Gasteiger partial charge in [0, 0.05) is 47.5 Å². The van der Waals surface area contributed by atoms with E-state index in [4.69, 9.17) is 9.47 Å². The summed E-state index contributed by atoms with van der Waals surface area (Å²) in [5.74, 6) is -0.362. The van der Waals surface area contributed by atoms with Crippen LogP contribution in [0.1, 0.15) is 48.9 Å². The van der Waals surface area contributed by atoms with Crippen molar-refractivity contribution in [3.63, 3.8) is 0 Å². The zero-order chi connectivity index (χ0) is 27.7. The lowest BCUT2D eigenvalue weighted by Crippen LogP contribution is -2.41.